The van der Waals surface area contributed by atoms with Gasteiger partial charge in [-0.1, -0.05) is 12.1 Å². The van der Waals surface area contributed by atoms with Gasteiger partial charge in [-0.2, -0.15) is 0 Å². The van der Waals surface area contributed by atoms with E-state index in [0.717, 1.165) is 25.9 Å². The third kappa shape index (κ3) is 5.62. The predicted molar refractivity (Wildman–Crippen MR) is 93.9 cm³/mol. The molecule has 0 bridgehead atoms. The summed E-state index contributed by atoms with van der Waals surface area (Å²) in [5, 5.41) is 6.09. The first-order valence-corrected chi connectivity index (χ1v) is 8.55. The number of hydrogen-bond donors (Lipinski definition) is 2. The van der Waals surface area contributed by atoms with Crippen molar-refractivity contribution in [2.75, 3.05) is 18.4 Å². The van der Waals surface area contributed by atoms with E-state index in [1.54, 1.807) is 24.3 Å². The van der Waals surface area contributed by atoms with Gasteiger partial charge in [0.25, 0.3) is 0 Å². The fraction of sp³-hybridized carbons (Fsp3) is 0.316. The van der Waals surface area contributed by atoms with E-state index < -0.39 is 6.36 Å². The lowest BCUT2D eigenvalue weighted by molar-refractivity contribution is -0.274. The van der Waals surface area contributed by atoms with Crippen molar-refractivity contribution in [3.8, 4) is 17.2 Å². The number of rotatable bonds is 5. The maximum Gasteiger partial charge on any atom is 0.573 e. The van der Waals surface area contributed by atoms with E-state index >= 15 is 0 Å². The predicted octanol–water partition coefficient (Wildman–Crippen LogP) is 4.32. The average molecular weight is 380 g/mol. The Labute approximate surface area is 154 Å². The molecule has 0 spiro atoms. The summed E-state index contributed by atoms with van der Waals surface area (Å²) in [5.74, 6) is 0.277. The summed E-state index contributed by atoms with van der Waals surface area (Å²) in [5.41, 5.74) is 0.511. The van der Waals surface area contributed by atoms with Gasteiger partial charge in [-0.3, -0.25) is 4.79 Å². The van der Waals surface area contributed by atoms with Crippen LogP contribution in [0.5, 0.6) is 17.2 Å². The lowest BCUT2D eigenvalue weighted by Crippen LogP contribution is -2.34. The van der Waals surface area contributed by atoms with E-state index in [1.165, 1.54) is 24.3 Å². The number of alkyl halides is 3. The summed E-state index contributed by atoms with van der Waals surface area (Å²) in [6.45, 7) is 1.62. The van der Waals surface area contributed by atoms with Crippen LogP contribution in [0, 0.1) is 5.92 Å². The second-order valence-electron chi connectivity index (χ2n) is 6.13. The van der Waals surface area contributed by atoms with Crippen LogP contribution < -0.4 is 20.1 Å². The molecule has 0 aliphatic carbocycles. The molecule has 1 heterocycles. The highest BCUT2D eigenvalue weighted by atomic mass is 19.4. The van der Waals surface area contributed by atoms with Gasteiger partial charge in [0.1, 0.15) is 11.5 Å². The monoisotopic (exact) mass is 380 g/mol. The second-order valence-corrected chi connectivity index (χ2v) is 6.13. The Bertz CT molecular complexity index is 773. The standard InChI is InChI=1S/C19H19F3N2O3/c20-19(21,22)27-15-7-5-14(6-8-15)26-17-4-2-1-3-16(17)24-18(25)13-9-11-23-12-10-13/h1-8,13,23H,9-12H2,(H,24,25). The van der Waals surface area contributed by atoms with Crippen LogP contribution in [0.2, 0.25) is 0 Å². The van der Waals surface area contributed by atoms with Gasteiger partial charge in [0.2, 0.25) is 5.91 Å². The minimum Gasteiger partial charge on any atom is -0.455 e. The number of nitrogens with one attached hydrogen (secondary N) is 2. The van der Waals surface area contributed by atoms with Crippen LogP contribution in [-0.2, 0) is 4.79 Å². The molecular weight excluding hydrogens is 361 g/mol. The average Bonchev–Trinajstić information content (AvgIpc) is 2.64. The van der Waals surface area contributed by atoms with Crippen LogP contribution in [0.4, 0.5) is 18.9 Å². The third-order valence-corrected chi connectivity index (χ3v) is 4.14. The number of ether oxygens (including phenoxy) is 2. The van der Waals surface area contributed by atoms with Crippen molar-refractivity contribution in [3.05, 3.63) is 48.5 Å². The Morgan fingerprint density at radius 3 is 2.30 bits per heavy atom. The number of piperidine rings is 1. The molecule has 1 aliphatic rings. The number of para-hydroxylation sites is 2. The van der Waals surface area contributed by atoms with Crippen LogP contribution in [0.1, 0.15) is 12.8 Å². The summed E-state index contributed by atoms with van der Waals surface area (Å²) >= 11 is 0. The highest BCUT2D eigenvalue weighted by molar-refractivity contribution is 5.94. The van der Waals surface area contributed by atoms with Crippen molar-refractivity contribution in [1.82, 2.24) is 5.32 Å². The minimum absolute atomic E-state index is 0.0573. The van der Waals surface area contributed by atoms with Gasteiger partial charge in [0.15, 0.2) is 5.75 Å². The minimum atomic E-state index is -4.74. The van der Waals surface area contributed by atoms with Crippen LogP contribution in [0.3, 0.4) is 0 Å². The molecule has 5 nitrogen and oxygen atoms in total. The van der Waals surface area contributed by atoms with Gasteiger partial charge in [-0.15, -0.1) is 13.2 Å². The number of benzene rings is 2. The first-order valence-electron chi connectivity index (χ1n) is 8.55. The smallest absolute Gasteiger partial charge is 0.455 e. The van der Waals surface area contributed by atoms with Crippen LogP contribution in [0.25, 0.3) is 0 Å². The summed E-state index contributed by atoms with van der Waals surface area (Å²) in [6, 6.07) is 12.0. The van der Waals surface area contributed by atoms with Crippen molar-refractivity contribution < 1.29 is 27.4 Å². The molecule has 144 valence electrons. The lowest BCUT2D eigenvalue weighted by atomic mass is 9.97. The van der Waals surface area contributed by atoms with Gasteiger partial charge in [-0.05, 0) is 62.3 Å². The zero-order chi connectivity index (χ0) is 19.3. The molecule has 3 rings (SSSR count). The topological polar surface area (TPSA) is 59.6 Å². The summed E-state index contributed by atoms with van der Waals surface area (Å²) in [6.07, 6.45) is -3.20. The molecule has 2 aromatic carbocycles. The van der Waals surface area contributed by atoms with Gasteiger partial charge in [-0.25, -0.2) is 0 Å². The first kappa shape index (κ1) is 19.0. The van der Waals surface area contributed by atoms with Crippen molar-refractivity contribution in [1.29, 1.82) is 0 Å². The summed E-state index contributed by atoms with van der Waals surface area (Å²) in [7, 11) is 0. The molecule has 2 N–H and O–H groups in total. The van der Waals surface area contributed by atoms with Crippen molar-refractivity contribution in [3.63, 3.8) is 0 Å². The van der Waals surface area contributed by atoms with Crippen LogP contribution >= 0.6 is 0 Å². The van der Waals surface area contributed by atoms with Gasteiger partial charge < -0.3 is 20.1 Å². The number of carbonyl (C=O) groups is 1. The number of amides is 1. The largest absolute Gasteiger partial charge is 0.573 e. The maximum absolute atomic E-state index is 12.4. The summed E-state index contributed by atoms with van der Waals surface area (Å²) < 4.78 is 46.2. The SMILES string of the molecule is O=C(Nc1ccccc1Oc1ccc(OC(F)(F)F)cc1)C1CCNCC1. The highest BCUT2D eigenvalue weighted by Crippen LogP contribution is 2.32. The molecule has 0 atom stereocenters. The van der Waals surface area contributed by atoms with E-state index in [0.29, 0.717) is 17.2 Å². The Morgan fingerprint density at radius 2 is 1.63 bits per heavy atom. The van der Waals surface area contributed by atoms with Crippen molar-refractivity contribution >= 4 is 11.6 Å². The lowest BCUT2D eigenvalue weighted by Gasteiger charge is -2.22. The van der Waals surface area contributed by atoms with Gasteiger partial charge in [0.05, 0.1) is 5.69 Å². The van der Waals surface area contributed by atoms with E-state index in [1.807, 2.05) is 0 Å². The van der Waals surface area contributed by atoms with Crippen LogP contribution in [-0.4, -0.2) is 25.4 Å². The quantitative estimate of drug-likeness (QED) is 0.811. The fourth-order valence-electron chi connectivity index (χ4n) is 2.81. The van der Waals surface area contributed by atoms with E-state index in [4.69, 9.17) is 4.74 Å². The Hall–Kier alpha value is -2.74. The zero-order valence-electron chi connectivity index (χ0n) is 14.4. The Kier molecular flexibility index (Phi) is 5.85. The van der Waals surface area contributed by atoms with Crippen LogP contribution in [0.15, 0.2) is 48.5 Å². The molecule has 1 aliphatic heterocycles. The number of carbonyl (C=O) groups excluding carboxylic acids is 1. The zero-order valence-corrected chi connectivity index (χ0v) is 14.4. The molecule has 8 heteroatoms. The van der Waals surface area contributed by atoms with Crippen molar-refractivity contribution in [2.24, 2.45) is 5.92 Å². The Morgan fingerprint density at radius 1 is 1.00 bits per heavy atom. The maximum atomic E-state index is 12.4. The highest BCUT2D eigenvalue weighted by Gasteiger charge is 2.31. The molecule has 1 amide bonds. The molecule has 0 aromatic heterocycles. The third-order valence-electron chi connectivity index (χ3n) is 4.14. The molecule has 1 fully saturated rings. The van der Waals surface area contributed by atoms with E-state index in [9.17, 15) is 18.0 Å². The molecule has 0 saturated carbocycles. The molecule has 0 unspecified atom stereocenters. The van der Waals surface area contributed by atoms with E-state index in [2.05, 4.69) is 15.4 Å². The summed E-state index contributed by atoms with van der Waals surface area (Å²) in [4.78, 5) is 12.4. The Balaban J connectivity index is 1.67. The van der Waals surface area contributed by atoms with Gasteiger partial charge in [0, 0.05) is 5.92 Å². The molecule has 27 heavy (non-hydrogen) atoms. The second kappa shape index (κ2) is 8.30. The molecule has 0 radical (unpaired) electrons. The molecule has 2 aromatic rings. The van der Waals surface area contributed by atoms with Crippen molar-refractivity contribution in [2.45, 2.75) is 19.2 Å². The fourth-order valence-corrected chi connectivity index (χ4v) is 2.81. The molecular formula is C19H19F3N2O3. The van der Waals surface area contributed by atoms with Gasteiger partial charge >= 0.3 is 6.36 Å². The number of hydrogen-bond acceptors (Lipinski definition) is 4. The molecule has 1 saturated heterocycles. The first-order chi connectivity index (χ1) is 12.9. The number of halogens is 3. The van der Waals surface area contributed by atoms with E-state index in [-0.39, 0.29) is 17.6 Å². The number of anilines is 1. The normalized spacial score (nSPS) is 15.2.